The van der Waals surface area contributed by atoms with E-state index in [0.717, 1.165) is 19.4 Å². The van der Waals surface area contributed by atoms with Gasteiger partial charge < -0.3 is 14.7 Å². The molecule has 1 N–H and O–H groups in total. The normalized spacial score (nSPS) is 21.5. The first kappa shape index (κ1) is 10.2. The minimum atomic E-state index is -0.270. The lowest BCUT2D eigenvalue weighted by molar-refractivity contribution is 0.153. The fraction of sp³-hybridized carbons (Fsp3) is 0.600. The predicted molar refractivity (Wildman–Crippen MR) is 56.0 cm³/mol. The summed E-state index contributed by atoms with van der Waals surface area (Å²) in [4.78, 5) is 10.4. The van der Waals surface area contributed by atoms with Gasteiger partial charge in [-0.05, 0) is 12.8 Å². The highest BCUT2D eigenvalue weighted by atomic mass is 16.5. The molecule has 15 heavy (non-hydrogen) atoms. The van der Waals surface area contributed by atoms with Gasteiger partial charge in [0.15, 0.2) is 0 Å². The summed E-state index contributed by atoms with van der Waals surface area (Å²) in [6.45, 7) is 1.50. The number of aliphatic hydroxyl groups excluding tert-OH is 1. The van der Waals surface area contributed by atoms with Gasteiger partial charge in [0.05, 0.1) is 13.2 Å². The van der Waals surface area contributed by atoms with E-state index < -0.39 is 0 Å². The van der Waals surface area contributed by atoms with Crippen molar-refractivity contribution >= 4 is 5.95 Å². The molecule has 2 rings (SSSR count). The first-order chi connectivity index (χ1) is 7.29. The average Bonchev–Trinajstić information content (AvgIpc) is 2.29. The maximum absolute atomic E-state index is 9.54. The second-order valence-electron chi connectivity index (χ2n) is 3.64. The Labute approximate surface area is 88.7 Å². The van der Waals surface area contributed by atoms with Gasteiger partial charge in [-0.2, -0.15) is 4.98 Å². The molecule has 0 unspecified atom stereocenters. The lowest BCUT2D eigenvalue weighted by Crippen LogP contribution is -2.39. The summed E-state index contributed by atoms with van der Waals surface area (Å²) in [6, 6.07) is 1.71. The summed E-state index contributed by atoms with van der Waals surface area (Å²) >= 11 is 0. The summed E-state index contributed by atoms with van der Waals surface area (Å²) in [5.74, 6) is 1.19. The van der Waals surface area contributed by atoms with Crippen LogP contribution in [-0.2, 0) is 0 Å². The van der Waals surface area contributed by atoms with Crippen molar-refractivity contribution < 1.29 is 9.84 Å². The van der Waals surface area contributed by atoms with Crippen molar-refractivity contribution in [1.82, 2.24) is 9.97 Å². The molecule has 0 saturated carbocycles. The topological polar surface area (TPSA) is 58.5 Å². The van der Waals surface area contributed by atoms with E-state index >= 15 is 0 Å². The minimum Gasteiger partial charge on any atom is -0.481 e. The van der Waals surface area contributed by atoms with Gasteiger partial charge >= 0.3 is 0 Å². The van der Waals surface area contributed by atoms with Crippen LogP contribution in [0, 0.1) is 0 Å². The molecular formula is C10H15N3O2. The number of aromatic nitrogens is 2. The van der Waals surface area contributed by atoms with Crippen molar-refractivity contribution in [2.45, 2.75) is 18.9 Å². The molecular weight excluding hydrogens is 194 g/mol. The monoisotopic (exact) mass is 209 g/mol. The van der Waals surface area contributed by atoms with E-state index in [-0.39, 0.29) is 6.10 Å². The van der Waals surface area contributed by atoms with E-state index in [4.69, 9.17) is 4.74 Å². The lowest BCUT2D eigenvalue weighted by atomic mass is 10.1. The van der Waals surface area contributed by atoms with Gasteiger partial charge in [-0.15, -0.1) is 0 Å². The van der Waals surface area contributed by atoms with Crippen LogP contribution in [0.5, 0.6) is 5.88 Å². The number of rotatable bonds is 2. The van der Waals surface area contributed by atoms with E-state index in [0.29, 0.717) is 18.4 Å². The molecule has 1 aromatic rings. The van der Waals surface area contributed by atoms with Crippen molar-refractivity contribution in [1.29, 1.82) is 0 Å². The van der Waals surface area contributed by atoms with Crippen LogP contribution >= 0.6 is 0 Å². The van der Waals surface area contributed by atoms with E-state index in [2.05, 4.69) is 9.97 Å². The lowest BCUT2D eigenvalue weighted by Gasteiger charge is -2.29. The fourth-order valence-corrected chi connectivity index (χ4v) is 1.73. The molecule has 1 aromatic heterocycles. The molecule has 5 heteroatoms. The van der Waals surface area contributed by atoms with Crippen molar-refractivity contribution in [2.24, 2.45) is 0 Å². The maximum Gasteiger partial charge on any atom is 0.228 e. The quantitative estimate of drug-likeness (QED) is 0.766. The van der Waals surface area contributed by atoms with Crippen LogP contribution in [-0.4, -0.2) is 41.4 Å². The maximum atomic E-state index is 9.54. The standard InChI is InChI=1S/C10H15N3O2/c1-15-9-4-5-11-10(12-9)13-6-2-3-8(14)7-13/h4-5,8,14H,2-3,6-7H2,1H3/t8-/m0/s1. The first-order valence-corrected chi connectivity index (χ1v) is 5.09. The Morgan fingerprint density at radius 2 is 2.47 bits per heavy atom. The van der Waals surface area contributed by atoms with Crippen molar-refractivity contribution in [3.63, 3.8) is 0 Å². The number of β-amino-alcohol motifs (C(OH)–C–C–N with tert-alkyl or cyclic N) is 1. The third-order valence-corrected chi connectivity index (χ3v) is 2.51. The summed E-state index contributed by atoms with van der Waals surface area (Å²) in [5.41, 5.74) is 0. The molecule has 82 valence electrons. The number of methoxy groups -OCH3 is 1. The molecule has 1 fully saturated rings. The molecule has 1 saturated heterocycles. The molecule has 1 atom stereocenters. The number of nitrogens with zero attached hydrogens (tertiary/aromatic N) is 3. The Kier molecular flexibility index (Phi) is 3.01. The van der Waals surface area contributed by atoms with E-state index in [1.165, 1.54) is 0 Å². The number of hydrogen-bond acceptors (Lipinski definition) is 5. The first-order valence-electron chi connectivity index (χ1n) is 5.09. The molecule has 2 heterocycles. The molecule has 0 radical (unpaired) electrons. The molecule has 0 aromatic carbocycles. The number of anilines is 1. The number of piperidine rings is 1. The van der Waals surface area contributed by atoms with Gasteiger partial charge in [0.25, 0.3) is 0 Å². The highest BCUT2D eigenvalue weighted by molar-refractivity contribution is 5.32. The van der Waals surface area contributed by atoms with Crippen LogP contribution in [0.2, 0.25) is 0 Å². The van der Waals surface area contributed by atoms with Crippen LogP contribution in [0.1, 0.15) is 12.8 Å². The van der Waals surface area contributed by atoms with E-state index in [1.807, 2.05) is 4.90 Å². The largest absolute Gasteiger partial charge is 0.481 e. The van der Waals surface area contributed by atoms with E-state index in [1.54, 1.807) is 19.4 Å². The molecule has 1 aliphatic heterocycles. The molecule has 0 spiro atoms. The van der Waals surface area contributed by atoms with Crippen LogP contribution < -0.4 is 9.64 Å². The highest BCUT2D eigenvalue weighted by Gasteiger charge is 2.19. The summed E-state index contributed by atoms with van der Waals surface area (Å²) in [7, 11) is 1.58. The summed E-state index contributed by atoms with van der Waals surface area (Å²) in [5, 5.41) is 9.54. The zero-order valence-electron chi connectivity index (χ0n) is 8.76. The van der Waals surface area contributed by atoms with Gasteiger partial charge in [0.2, 0.25) is 11.8 Å². The zero-order valence-corrected chi connectivity index (χ0v) is 8.76. The third-order valence-electron chi connectivity index (χ3n) is 2.51. The van der Waals surface area contributed by atoms with Crippen LogP contribution in [0.15, 0.2) is 12.3 Å². The Balaban J connectivity index is 2.13. The molecule has 0 aliphatic carbocycles. The number of ether oxygens (including phenoxy) is 1. The Hall–Kier alpha value is -1.36. The molecule has 0 amide bonds. The Morgan fingerprint density at radius 1 is 1.60 bits per heavy atom. The van der Waals surface area contributed by atoms with Crippen molar-refractivity contribution in [2.75, 3.05) is 25.1 Å². The Bertz CT molecular complexity index is 332. The highest BCUT2D eigenvalue weighted by Crippen LogP contribution is 2.17. The van der Waals surface area contributed by atoms with Crippen molar-refractivity contribution in [3.8, 4) is 5.88 Å². The Morgan fingerprint density at radius 3 is 3.20 bits per heavy atom. The number of hydrogen-bond donors (Lipinski definition) is 1. The van der Waals surface area contributed by atoms with Crippen LogP contribution in [0.25, 0.3) is 0 Å². The van der Waals surface area contributed by atoms with Crippen LogP contribution in [0.4, 0.5) is 5.95 Å². The average molecular weight is 209 g/mol. The summed E-state index contributed by atoms with van der Waals surface area (Å²) < 4.78 is 5.03. The molecule has 1 aliphatic rings. The second kappa shape index (κ2) is 4.44. The minimum absolute atomic E-state index is 0.270. The van der Waals surface area contributed by atoms with E-state index in [9.17, 15) is 5.11 Å². The van der Waals surface area contributed by atoms with Gasteiger partial charge in [0, 0.05) is 25.4 Å². The zero-order chi connectivity index (χ0) is 10.7. The molecule has 5 nitrogen and oxygen atoms in total. The number of aliphatic hydroxyl groups is 1. The predicted octanol–water partition coefficient (Wildman–Crippen LogP) is 0.446. The summed E-state index contributed by atoms with van der Waals surface area (Å²) in [6.07, 6.45) is 3.23. The van der Waals surface area contributed by atoms with Gasteiger partial charge in [-0.1, -0.05) is 0 Å². The fourth-order valence-electron chi connectivity index (χ4n) is 1.73. The SMILES string of the molecule is COc1ccnc(N2CCC[C@H](O)C2)n1. The van der Waals surface area contributed by atoms with Crippen molar-refractivity contribution in [3.05, 3.63) is 12.3 Å². The third kappa shape index (κ3) is 2.36. The molecule has 0 bridgehead atoms. The smallest absolute Gasteiger partial charge is 0.228 e. The van der Waals surface area contributed by atoms with Gasteiger partial charge in [0.1, 0.15) is 0 Å². The van der Waals surface area contributed by atoms with Gasteiger partial charge in [-0.25, -0.2) is 4.98 Å². The van der Waals surface area contributed by atoms with Gasteiger partial charge in [-0.3, -0.25) is 0 Å². The second-order valence-corrected chi connectivity index (χ2v) is 3.64. The van der Waals surface area contributed by atoms with Crippen LogP contribution in [0.3, 0.4) is 0 Å².